The topological polar surface area (TPSA) is 70.0 Å². The van der Waals surface area contributed by atoms with Crippen molar-refractivity contribution in [2.75, 3.05) is 13.3 Å². The highest BCUT2D eigenvalue weighted by molar-refractivity contribution is 6.22. The lowest BCUT2D eigenvalue weighted by molar-refractivity contribution is 0.0677. The summed E-state index contributed by atoms with van der Waals surface area (Å²) in [4.78, 5) is 28.8. The van der Waals surface area contributed by atoms with Crippen molar-refractivity contribution in [3.8, 4) is 0 Å². The zero-order valence-corrected chi connectivity index (χ0v) is 9.38. The van der Waals surface area contributed by atoms with Gasteiger partial charge < -0.3 is 5.11 Å². The van der Waals surface area contributed by atoms with E-state index >= 15 is 0 Å². The van der Waals surface area contributed by atoms with Crippen molar-refractivity contribution in [2.24, 2.45) is 4.99 Å². The highest BCUT2D eigenvalue weighted by atomic mass is 16.3. The predicted molar refractivity (Wildman–Crippen MR) is 62.0 cm³/mol. The second-order valence-electron chi connectivity index (χ2n) is 3.78. The van der Waals surface area contributed by atoms with Crippen LogP contribution in [0.4, 0.5) is 0 Å². The Kier molecular flexibility index (Phi) is 3.01. The Balaban J connectivity index is 2.28. The molecular formula is C12H12N2O3. The van der Waals surface area contributed by atoms with Crippen LogP contribution in [0.25, 0.3) is 0 Å². The summed E-state index contributed by atoms with van der Waals surface area (Å²) in [7, 11) is 0. The minimum Gasteiger partial charge on any atom is -0.375 e. The fraction of sp³-hybridized carbons (Fsp3) is 0.250. The third-order valence-electron chi connectivity index (χ3n) is 2.61. The molecule has 0 unspecified atom stereocenters. The van der Waals surface area contributed by atoms with Crippen molar-refractivity contribution >= 4 is 17.5 Å². The minimum absolute atomic E-state index is 0.118. The lowest BCUT2D eigenvalue weighted by Crippen LogP contribution is -2.34. The SMILES string of the molecule is C/C(CN1C(=O)c2ccccc2C1=O)=N\CO. The Morgan fingerprint density at radius 3 is 2.24 bits per heavy atom. The number of hydrogen-bond donors (Lipinski definition) is 1. The number of imide groups is 1. The number of nitrogens with zero attached hydrogens (tertiary/aromatic N) is 2. The summed E-state index contributed by atoms with van der Waals surface area (Å²) in [6.45, 7) is 1.45. The van der Waals surface area contributed by atoms with Crippen LogP contribution in [0.2, 0.25) is 0 Å². The van der Waals surface area contributed by atoms with E-state index in [9.17, 15) is 9.59 Å². The molecule has 0 aromatic heterocycles. The number of hydrogen-bond acceptors (Lipinski definition) is 4. The van der Waals surface area contributed by atoms with Gasteiger partial charge in [-0.3, -0.25) is 19.5 Å². The first-order chi connectivity index (χ1) is 8.15. The van der Waals surface area contributed by atoms with E-state index in [1.54, 1.807) is 31.2 Å². The Labute approximate surface area is 98.4 Å². The van der Waals surface area contributed by atoms with Crippen molar-refractivity contribution < 1.29 is 14.7 Å². The first kappa shape index (κ1) is 11.5. The Morgan fingerprint density at radius 2 is 1.76 bits per heavy atom. The maximum absolute atomic E-state index is 11.9. The van der Waals surface area contributed by atoms with E-state index in [-0.39, 0.29) is 25.1 Å². The number of benzene rings is 1. The van der Waals surface area contributed by atoms with Gasteiger partial charge in [0.2, 0.25) is 0 Å². The average molecular weight is 232 g/mol. The molecule has 0 fully saturated rings. The van der Waals surface area contributed by atoms with Crippen LogP contribution >= 0.6 is 0 Å². The van der Waals surface area contributed by atoms with Crippen LogP contribution in [0.3, 0.4) is 0 Å². The van der Waals surface area contributed by atoms with Gasteiger partial charge in [-0.2, -0.15) is 0 Å². The molecule has 0 saturated heterocycles. The highest BCUT2D eigenvalue weighted by Crippen LogP contribution is 2.21. The summed E-state index contributed by atoms with van der Waals surface area (Å²) in [5, 5.41) is 8.64. The molecule has 88 valence electrons. The van der Waals surface area contributed by atoms with E-state index in [1.165, 1.54) is 0 Å². The van der Waals surface area contributed by atoms with E-state index in [0.29, 0.717) is 16.8 Å². The first-order valence-corrected chi connectivity index (χ1v) is 5.21. The molecule has 2 rings (SSSR count). The van der Waals surface area contributed by atoms with Gasteiger partial charge in [0.15, 0.2) is 0 Å². The normalized spacial score (nSPS) is 15.4. The van der Waals surface area contributed by atoms with Crippen molar-refractivity contribution in [1.82, 2.24) is 4.90 Å². The van der Waals surface area contributed by atoms with Gasteiger partial charge in [0.1, 0.15) is 6.73 Å². The van der Waals surface area contributed by atoms with Crippen LogP contribution in [0.1, 0.15) is 27.6 Å². The number of aliphatic imine (C=N–C) groups is 1. The van der Waals surface area contributed by atoms with Gasteiger partial charge in [-0.25, -0.2) is 0 Å². The summed E-state index contributed by atoms with van der Waals surface area (Å²) in [5.74, 6) is -0.615. The molecule has 17 heavy (non-hydrogen) atoms. The second kappa shape index (κ2) is 4.47. The molecule has 1 heterocycles. The second-order valence-corrected chi connectivity index (χ2v) is 3.78. The summed E-state index contributed by atoms with van der Waals surface area (Å²) in [5.41, 5.74) is 1.39. The molecule has 0 bridgehead atoms. The Hall–Kier alpha value is -2.01. The number of aliphatic hydroxyl groups excluding tert-OH is 1. The zero-order chi connectivity index (χ0) is 12.4. The van der Waals surface area contributed by atoms with Crippen molar-refractivity contribution in [1.29, 1.82) is 0 Å². The summed E-state index contributed by atoms with van der Waals surface area (Å²) < 4.78 is 0. The first-order valence-electron chi connectivity index (χ1n) is 5.21. The van der Waals surface area contributed by atoms with Gasteiger partial charge in [-0.05, 0) is 19.1 Å². The van der Waals surface area contributed by atoms with Crippen LogP contribution in [-0.2, 0) is 0 Å². The number of carbonyl (C=O) groups excluding carboxylic acids is 2. The van der Waals surface area contributed by atoms with E-state index in [2.05, 4.69) is 4.99 Å². The van der Waals surface area contributed by atoms with Gasteiger partial charge in [-0.15, -0.1) is 0 Å². The Bertz CT molecular complexity index is 473. The molecule has 1 aliphatic rings. The predicted octanol–water partition coefficient (Wildman–Crippen LogP) is 0.693. The molecule has 0 saturated carbocycles. The zero-order valence-electron chi connectivity index (χ0n) is 9.38. The fourth-order valence-corrected chi connectivity index (χ4v) is 1.78. The van der Waals surface area contributed by atoms with Crippen LogP contribution < -0.4 is 0 Å². The van der Waals surface area contributed by atoms with E-state index in [1.807, 2.05) is 0 Å². The molecule has 0 spiro atoms. The number of aliphatic hydroxyl groups is 1. The summed E-state index contributed by atoms with van der Waals surface area (Å²) in [6, 6.07) is 6.71. The lowest BCUT2D eigenvalue weighted by atomic mass is 10.1. The Morgan fingerprint density at radius 1 is 1.24 bits per heavy atom. The standard InChI is InChI=1S/C12H12N2O3/c1-8(13-7-15)6-14-11(16)9-4-2-3-5-10(9)12(14)17/h2-5,15H,6-7H2,1H3/b13-8+. The van der Waals surface area contributed by atoms with E-state index in [4.69, 9.17) is 5.11 Å². The van der Waals surface area contributed by atoms with E-state index in [0.717, 1.165) is 4.90 Å². The largest absolute Gasteiger partial charge is 0.375 e. The van der Waals surface area contributed by atoms with Gasteiger partial charge in [0.25, 0.3) is 11.8 Å². The molecule has 1 aromatic rings. The maximum atomic E-state index is 11.9. The number of fused-ring (bicyclic) bond motifs is 1. The monoisotopic (exact) mass is 232 g/mol. The molecule has 2 amide bonds. The molecule has 0 atom stereocenters. The van der Waals surface area contributed by atoms with Crippen molar-refractivity contribution in [3.05, 3.63) is 35.4 Å². The van der Waals surface area contributed by atoms with Crippen LogP contribution in [0, 0.1) is 0 Å². The molecule has 0 aliphatic carbocycles. The quantitative estimate of drug-likeness (QED) is 0.615. The molecule has 5 heteroatoms. The fourth-order valence-electron chi connectivity index (χ4n) is 1.78. The molecule has 1 aliphatic heterocycles. The molecule has 5 nitrogen and oxygen atoms in total. The molecular weight excluding hydrogens is 220 g/mol. The summed E-state index contributed by atoms with van der Waals surface area (Å²) >= 11 is 0. The van der Waals surface area contributed by atoms with Crippen LogP contribution in [0.5, 0.6) is 0 Å². The van der Waals surface area contributed by atoms with Crippen LogP contribution in [-0.4, -0.2) is 40.8 Å². The van der Waals surface area contributed by atoms with Gasteiger partial charge in [0, 0.05) is 5.71 Å². The lowest BCUT2D eigenvalue weighted by Gasteiger charge is -2.12. The number of carbonyl (C=O) groups is 2. The smallest absolute Gasteiger partial charge is 0.261 e. The molecule has 1 aromatic carbocycles. The molecule has 0 radical (unpaired) electrons. The third-order valence-corrected chi connectivity index (χ3v) is 2.61. The van der Waals surface area contributed by atoms with Crippen LogP contribution in [0.15, 0.2) is 29.3 Å². The minimum atomic E-state index is -0.338. The van der Waals surface area contributed by atoms with Crippen molar-refractivity contribution in [3.63, 3.8) is 0 Å². The number of rotatable bonds is 3. The third kappa shape index (κ3) is 1.97. The average Bonchev–Trinajstić information content (AvgIpc) is 2.56. The van der Waals surface area contributed by atoms with Gasteiger partial charge in [-0.1, -0.05) is 12.1 Å². The molecule has 1 N–H and O–H groups in total. The van der Waals surface area contributed by atoms with E-state index < -0.39 is 0 Å². The number of amides is 2. The van der Waals surface area contributed by atoms with Gasteiger partial charge in [0.05, 0.1) is 17.7 Å². The highest BCUT2D eigenvalue weighted by Gasteiger charge is 2.34. The maximum Gasteiger partial charge on any atom is 0.261 e. The van der Waals surface area contributed by atoms with Crippen molar-refractivity contribution in [2.45, 2.75) is 6.92 Å². The van der Waals surface area contributed by atoms with Gasteiger partial charge >= 0.3 is 0 Å². The summed E-state index contributed by atoms with van der Waals surface area (Å²) in [6.07, 6.45) is 0.